The predicted molar refractivity (Wildman–Crippen MR) is 126 cm³/mol. The second kappa shape index (κ2) is 10.5. The number of likely N-dealkylation sites (tertiary alicyclic amines) is 1. The molecule has 1 aliphatic rings. The number of aryl methyl sites for hydroxylation is 1. The number of nitrogens with zero attached hydrogens (tertiary/aromatic N) is 4. The fourth-order valence-corrected chi connectivity index (χ4v) is 4.00. The molecule has 0 unspecified atom stereocenters. The Labute approximate surface area is 198 Å². The zero-order valence-corrected chi connectivity index (χ0v) is 19.2. The van der Waals surface area contributed by atoms with Crippen LogP contribution >= 0.6 is 0 Å². The summed E-state index contributed by atoms with van der Waals surface area (Å²) in [6.45, 7) is 3.56. The fourth-order valence-electron chi connectivity index (χ4n) is 4.00. The van der Waals surface area contributed by atoms with E-state index in [2.05, 4.69) is 10.1 Å². The first kappa shape index (κ1) is 23.4. The molecule has 178 valence electrons. The quantitative estimate of drug-likeness (QED) is 0.526. The number of carbonyl (C=O) groups excluding carboxylic acids is 2. The molecule has 1 aliphatic heterocycles. The third-order valence-corrected chi connectivity index (χ3v) is 5.96. The first-order valence-corrected chi connectivity index (χ1v) is 11.4. The summed E-state index contributed by atoms with van der Waals surface area (Å²) in [4.78, 5) is 31.0. The van der Waals surface area contributed by atoms with E-state index in [4.69, 9.17) is 15.6 Å². The summed E-state index contributed by atoms with van der Waals surface area (Å²) < 4.78 is 7.68. The maximum atomic E-state index is 12.7. The van der Waals surface area contributed by atoms with E-state index in [0.29, 0.717) is 55.9 Å². The molecule has 1 fully saturated rings. The van der Waals surface area contributed by atoms with Crippen LogP contribution in [0.4, 0.5) is 0 Å². The van der Waals surface area contributed by atoms with Crippen molar-refractivity contribution in [3.8, 4) is 17.0 Å². The zero-order chi connectivity index (χ0) is 24.1. The molecule has 1 saturated heterocycles. The van der Waals surface area contributed by atoms with E-state index in [9.17, 15) is 9.59 Å². The van der Waals surface area contributed by atoms with Crippen LogP contribution in [0.5, 0.6) is 5.75 Å². The molecule has 2 amide bonds. The van der Waals surface area contributed by atoms with Crippen LogP contribution in [0.25, 0.3) is 11.3 Å². The maximum absolute atomic E-state index is 12.7. The van der Waals surface area contributed by atoms with E-state index in [1.165, 1.54) is 11.8 Å². The normalized spacial score (nSPS) is 14.2. The van der Waals surface area contributed by atoms with Crippen LogP contribution in [-0.2, 0) is 17.8 Å². The highest BCUT2D eigenvalue weighted by molar-refractivity contribution is 5.96. The molecule has 0 bridgehead atoms. The van der Waals surface area contributed by atoms with Gasteiger partial charge in [-0.2, -0.15) is 5.10 Å². The molecule has 3 heterocycles. The molecule has 0 saturated carbocycles. The van der Waals surface area contributed by atoms with Crippen molar-refractivity contribution in [2.75, 3.05) is 19.7 Å². The molecule has 0 spiro atoms. The van der Waals surface area contributed by atoms with Gasteiger partial charge in [-0.3, -0.25) is 19.3 Å². The standard InChI is InChI=1S/C25H29N5O4/c1-17-2-4-18(5-3-17)12-24(32)29-8-6-20(7-9-29)34-23-15-27-22(13-21(23)25(26)33)19-14-28-30(16-19)10-11-31/h2-5,13-16,20,31H,6-12H2,1H3,(H2,26,33). The van der Waals surface area contributed by atoms with E-state index < -0.39 is 5.91 Å². The highest BCUT2D eigenvalue weighted by Crippen LogP contribution is 2.27. The lowest BCUT2D eigenvalue weighted by molar-refractivity contribution is -0.132. The van der Waals surface area contributed by atoms with Crippen molar-refractivity contribution in [2.45, 2.75) is 38.8 Å². The molecule has 9 heteroatoms. The van der Waals surface area contributed by atoms with Crippen molar-refractivity contribution >= 4 is 11.8 Å². The van der Waals surface area contributed by atoms with Gasteiger partial charge in [-0.25, -0.2) is 0 Å². The van der Waals surface area contributed by atoms with Crippen molar-refractivity contribution < 1.29 is 19.4 Å². The van der Waals surface area contributed by atoms with Gasteiger partial charge in [0.1, 0.15) is 6.10 Å². The van der Waals surface area contributed by atoms with Crippen LogP contribution in [0.3, 0.4) is 0 Å². The largest absolute Gasteiger partial charge is 0.488 e. The smallest absolute Gasteiger partial charge is 0.252 e. The number of aliphatic hydroxyl groups is 1. The molecule has 4 rings (SSSR count). The van der Waals surface area contributed by atoms with Crippen LogP contribution in [0.1, 0.15) is 34.3 Å². The van der Waals surface area contributed by atoms with Gasteiger partial charge in [0.05, 0.1) is 43.2 Å². The van der Waals surface area contributed by atoms with Gasteiger partial charge in [-0.1, -0.05) is 29.8 Å². The highest BCUT2D eigenvalue weighted by atomic mass is 16.5. The van der Waals surface area contributed by atoms with E-state index >= 15 is 0 Å². The van der Waals surface area contributed by atoms with Gasteiger partial charge in [0.2, 0.25) is 5.91 Å². The van der Waals surface area contributed by atoms with Crippen LogP contribution < -0.4 is 10.5 Å². The Kier molecular flexibility index (Phi) is 7.22. The predicted octanol–water partition coefficient (Wildman–Crippen LogP) is 1.96. The minimum atomic E-state index is -0.605. The second-order valence-electron chi connectivity index (χ2n) is 8.51. The van der Waals surface area contributed by atoms with Crippen molar-refractivity contribution in [2.24, 2.45) is 5.73 Å². The number of aromatic nitrogens is 3. The number of rotatable bonds is 8. The van der Waals surface area contributed by atoms with Crippen LogP contribution in [-0.4, -0.2) is 62.4 Å². The molecular weight excluding hydrogens is 434 g/mol. The molecule has 2 aromatic heterocycles. The summed E-state index contributed by atoms with van der Waals surface area (Å²) in [5.74, 6) is -0.163. The minimum absolute atomic E-state index is 0.0236. The van der Waals surface area contributed by atoms with Crippen molar-refractivity contribution in [3.63, 3.8) is 0 Å². The number of hydrogen-bond acceptors (Lipinski definition) is 6. The van der Waals surface area contributed by atoms with Gasteiger partial charge in [0, 0.05) is 37.7 Å². The molecule has 34 heavy (non-hydrogen) atoms. The number of benzene rings is 1. The molecule has 1 aromatic carbocycles. The third kappa shape index (κ3) is 5.60. The Balaban J connectivity index is 1.37. The number of pyridine rings is 1. The summed E-state index contributed by atoms with van der Waals surface area (Å²) in [5, 5.41) is 13.2. The summed E-state index contributed by atoms with van der Waals surface area (Å²) in [5.41, 5.74) is 9.29. The molecular formula is C25H29N5O4. The number of nitrogens with two attached hydrogens (primary N) is 1. The lowest BCUT2D eigenvalue weighted by atomic mass is 10.0. The number of piperidine rings is 1. The fraction of sp³-hybridized carbons (Fsp3) is 0.360. The number of hydrogen-bond donors (Lipinski definition) is 2. The van der Waals surface area contributed by atoms with Crippen molar-refractivity contribution in [1.82, 2.24) is 19.7 Å². The first-order valence-electron chi connectivity index (χ1n) is 11.4. The average Bonchev–Trinajstić information content (AvgIpc) is 3.30. The Bertz CT molecular complexity index is 1150. The molecule has 3 aromatic rings. The van der Waals surface area contributed by atoms with Gasteiger partial charge in [0.25, 0.3) is 5.91 Å². The first-order chi connectivity index (χ1) is 16.4. The topological polar surface area (TPSA) is 124 Å². The lowest BCUT2D eigenvalue weighted by Crippen LogP contribution is -2.42. The van der Waals surface area contributed by atoms with E-state index in [0.717, 1.165) is 5.56 Å². The summed E-state index contributed by atoms with van der Waals surface area (Å²) >= 11 is 0. The lowest BCUT2D eigenvalue weighted by Gasteiger charge is -2.32. The average molecular weight is 464 g/mol. The zero-order valence-electron chi connectivity index (χ0n) is 19.2. The Morgan fingerprint density at radius 2 is 1.91 bits per heavy atom. The molecule has 9 nitrogen and oxygen atoms in total. The van der Waals surface area contributed by atoms with Gasteiger partial charge in [-0.15, -0.1) is 0 Å². The van der Waals surface area contributed by atoms with Gasteiger partial charge >= 0.3 is 0 Å². The number of aliphatic hydroxyl groups excluding tert-OH is 1. The molecule has 0 atom stereocenters. The summed E-state index contributed by atoms with van der Waals surface area (Å²) in [6, 6.07) is 9.60. The Morgan fingerprint density at radius 1 is 1.18 bits per heavy atom. The number of ether oxygens (including phenoxy) is 1. The van der Waals surface area contributed by atoms with Gasteiger partial charge in [0.15, 0.2) is 5.75 Å². The molecule has 0 radical (unpaired) electrons. The number of carbonyl (C=O) groups is 2. The highest BCUT2D eigenvalue weighted by Gasteiger charge is 2.25. The van der Waals surface area contributed by atoms with Crippen molar-refractivity contribution in [1.29, 1.82) is 0 Å². The minimum Gasteiger partial charge on any atom is -0.488 e. The van der Waals surface area contributed by atoms with Crippen LogP contribution in [0, 0.1) is 6.92 Å². The Hall–Kier alpha value is -3.72. The van der Waals surface area contributed by atoms with Gasteiger partial charge < -0.3 is 20.5 Å². The number of primary amides is 1. The molecule has 3 N–H and O–H groups in total. The number of amides is 2. The Morgan fingerprint density at radius 3 is 2.59 bits per heavy atom. The van der Waals surface area contributed by atoms with Crippen LogP contribution in [0.15, 0.2) is 48.9 Å². The third-order valence-electron chi connectivity index (χ3n) is 5.96. The van der Waals surface area contributed by atoms with Gasteiger partial charge in [-0.05, 0) is 18.6 Å². The maximum Gasteiger partial charge on any atom is 0.252 e. The van der Waals surface area contributed by atoms with Crippen LogP contribution in [0.2, 0.25) is 0 Å². The summed E-state index contributed by atoms with van der Waals surface area (Å²) in [6.07, 6.45) is 6.44. The van der Waals surface area contributed by atoms with E-state index in [1.807, 2.05) is 36.1 Å². The van der Waals surface area contributed by atoms with E-state index in [-0.39, 0.29) is 24.2 Å². The SMILES string of the molecule is Cc1ccc(CC(=O)N2CCC(Oc3cnc(-c4cnn(CCO)c4)cc3C(N)=O)CC2)cc1. The second-order valence-corrected chi connectivity index (χ2v) is 8.51. The van der Waals surface area contributed by atoms with Crippen molar-refractivity contribution in [3.05, 3.63) is 65.6 Å². The monoisotopic (exact) mass is 463 g/mol. The molecule has 0 aliphatic carbocycles. The summed E-state index contributed by atoms with van der Waals surface area (Å²) in [7, 11) is 0. The van der Waals surface area contributed by atoms with E-state index in [1.54, 1.807) is 23.1 Å².